The maximum Gasteiger partial charge on any atom is 0.208 e. The molecule has 0 atom stereocenters. The first-order valence-corrected chi connectivity index (χ1v) is 9.02. The number of rotatable bonds is 6. The zero-order chi connectivity index (χ0) is 14.6. The Kier molecular flexibility index (Phi) is 4.85. The first-order valence-electron chi connectivity index (χ1n) is 6.14. The van der Waals surface area contributed by atoms with Crippen LogP contribution in [0.5, 0.6) is 0 Å². The maximum absolute atomic E-state index is 11.0. The molecule has 0 unspecified atom stereocenters. The highest BCUT2D eigenvalue weighted by molar-refractivity contribution is 7.99. The van der Waals surface area contributed by atoms with E-state index in [9.17, 15) is 8.42 Å². The van der Waals surface area contributed by atoms with Gasteiger partial charge in [0, 0.05) is 24.7 Å². The molecule has 108 valence electrons. The van der Waals surface area contributed by atoms with Crippen molar-refractivity contribution in [2.45, 2.75) is 12.1 Å². The lowest BCUT2D eigenvalue weighted by Crippen LogP contribution is -2.24. The fourth-order valence-electron chi connectivity index (χ4n) is 1.78. The highest BCUT2D eigenvalue weighted by atomic mass is 32.2. The van der Waals surface area contributed by atoms with Crippen molar-refractivity contribution in [2.24, 2.45) is 0 Å². The monoisotopic (exact) mass is 311 g/mol. The summed E-state index contributed by atoms with van der Waals surface area (Å²) in [6, 6.07) is 8.07. The van der Waals surface area contributed by atoms with Crippen LogP contribution in [0.1, 0.15) is 5.56 Å². The van der Waals surface area contributed by atoms with Crippen LogP contribution in [0.4, 0.5) is 0 Å². The van der Waals surface area contributed by atoms with Gasteiger partial charge in [0.1, 0.15) is 0 Å². The third kappa shape index (κ3) is 4.09. The number of nitrogens with one attached hydrogen (secondary N) is 1. The Morgan fingerprint density at radius 3 is 2.80 bits per heavy atom. The van der Waals surface area contributed by atoms with Crippen LogP contribution in [0.2, 0.25) is 0 Å². The third-order valence-corrected chi connectivity index (χ3v) is 4.38. The number of thioether (sulfide) groups is 1. The first-order chi connectivity index (χ1) is 9.47. The van der Waals surface area contributed by atoms with E-state index in [2.05, 4.69) is 22.7 Å². The molecule has 1 aromatic heterocycles. The Balaban J connectivity index is 2.05. The Labute approximate surface area is 123 Å². The highest BCUT2D eigenvalue weighted by Gasteiger charge is 2.08. The molecular formula is C13H17N3O2S2. The van der Waals surface area contributed by atoms with Gasteiger partial charge >= 0.3 is 0 Å². The molecule has 20 heavy (non-hydrogen) atoms. The molecule has 0 fully saturated rings. The molecule has 0 bridgehead atoms. The van der Waals surface area contributed by atoms with Crippen molar-refractivity contribution in [3.8, 4) is 5.69 Å². The second-order valence-corrected chi connectivity index (χ2v) is 7.28. The predicted molar refractivity (Wildman–Crippen MR) is 81.9 cm³/mol. The van der Waals surface area contributed by atoms with Crippen molar-refractivity contribution in [1.82, 2.24) is 14.3 Å². The van der Waals surface area contributed by atoms with Crippen LogP contribution in [-0.4, -0.2) is 36.5 Å². The standard InChI is InChI=1S/C13H17N3O2S2/c1-11-5-3-4-6-12(11)16-9-7-14-13(16)19-10-8-15-20(2,17)18/h3-7,9,15H,8,10H2,1-2H3. The molecule has 7 heteroatoms. The van der Waals surface area contributed by atoms with Gasteiger partial charge in [-0.25, -0.2) is 18.1 Å². The van der Waals surface area contributed by atoms with Gasteiger partial charge in [0.05, 0.1) is 11.9 Å². The van der Waals surface area contributed by atoms with Crippen LogP contribution in [0.3, 0.4) is 0 Å². The number of imidazole rings is 1. The minimum atomic E-state index is -3.12. The zero-order valence-corrected chi connectivity index (χ0v) is 13.0. The molecule has 5 nitrogen and oxygen atoms in total. The van der Waals surface area contributed by atoms with Gasteiger partial charge < -0.3 is 0 Å². The Morgan fingerprint density at radius 1 is 1.35 bits per heavy atom. The summed E-state index contributed by atoms with van der Waals surface area (Å²) in [6.07, 6.45) is 4.82. The Morgan fingerprint density at radius 2 is 2.10 bits per heavy atom. The maximum atomic E-state index is 11.0. The summed E-state index contributed by atoms with van der Waals surface area (Å²) in [5, 5.41) is 0.856. The van der Waals surface area contributed by atoms with E-state index in [4.69, 9.17) is 0 Å². The van der Waals surface area contributed by atoms with Gasteiger partial charge in [0.2, 0.25) is 10.0 Å². The van der Waals surface area contributed by atoms with Crippen molar-refractivity contribution >= 4 is 21.8 Å². The van der Waals surface area contributed by atoms with Gasteiger partial charge in [-0.3, -0.25) is 4.57 Å². The quantitative estimate of drug-likeness (QED) is 0.653. The van der Waals surface area contributed by atoms with Crippen LogP contribution in [0.25, 0.3) is 5.69 Å². The van der Waals surface area contributed by atoms with Gasteiger partial charge in [0.25, 0.3) is 0 Å². The smallest absolute Gasteiger partial charge is 0.208 e. The molecule has 0 radical (unpaired) electrons. The van der Waals surface area contributed by atoms with Gasteiger partial charge in [-0.2, -0.15) is 0 Å². The van der Waals surface area contributed by atoms with Crippen molar-refractivity contribution in [2.75, 3.05) is 18.6 Å². The van der Waals surface area contributed by atoms with E-state index in [1.54, 1.807) is 6.20 Å². The van der Waals surface area contributed by atoms with Crippen LogP contribution in [-0.2, 0) is 10.0 Å². The summed E-state index contributed by atoms with van der Waals surface area (Å²) in [7, 11) is -3.12. The lowest BCUT2D eigenvalue weighted by atomic mass is 10.2. The largest absolute Gasteiger partial charge is 0.295 e. The molecule has 0 saturated heterocycles. The molecular weight excluding hydrogens is 294 g/mol. The van der Waals surface area contributed by atoms with Gasteiger partial charge in [-0.15, -0.1) is 0 Å². The lowest BCUT2D eigenvalue weighted by Gasteiger charge is -2.10. The van der Waals surface area contributed by atoms with Crippen molar-refractivity contribution in [1.29, 1.82) is 0 Å². The lowest BCUT2D eigenvalue weighted by molar-refractivity contribution is 0.590. The average Bonchev–Trinajstić information content (AvgIpc) is 2.82. The third-order valence-electron chi connectivity index (χ3n) is 2.68. The fourth-order valence-corrected chi connectivity index (χ4v) is 3.21. The zero-order valence-electron chi connectivity index (χ0n) is 11.4. The summed E-state index contributed by atoms with van der Waals surface area (Å²) < 4.78 is 26.5. The number of nitrogens with zero attached hydrogens (tertiary/aromatic N) is 2. The SMILES string of the molecule is Cc1ccccc1-n1ccnc1SCCNS(C)(=O)=O. The molecule has 2 aromatic rings. The number of sulfonamides is 1. The molecule has 0 saturated carbocycles. The summed E-state index contributed by atoms with van der Waals surface area (Å²) in [5.74, 6) is 0.635. The number of para-hydroxylation sites is 1. The van der Waals surface area contributed by atoms with Crippen molar-refractivity contribution < 1.29 is 8.42 Å². The fraction of sp³-hybridized carbons (Fsp3) is 0.308. The number of aromatic nitrogens is 2. The van der Waals surface area contributed by atoms with E-state index in [0.717, 1.165) is 17.1 Å². The number of hydrogen-bond acceptors (Lipinski definition) is 4. The van der Waals surface area contributed by atoms with E-state index in [1.165, 1.54) is 17.3 Å². The molecule has 1 heterocycles. The number of benzene rings is 1. The van der Waals surface area contributed by atoms with Crippen LogP contribution >= 0.6 is 11.8 Å². The second kappa shape index (κ2) is 6.43. The van der Waals surface area contributed by atoms with Gasteiger partial charge in [0.15, 0.2) is 5.16 Å². The van der Waals surface area contributed by atoms with E-state index >= 15 is 0 Å². The van der Waals surface area contributed by atoms with Crippen LogP contribution < -0.4 is 4.72 Å². The average molecular weight is 311 g/mol. The minimum Gasteiger partial charge on any atom is -0.295 e. The number of aryl methyl sites for hydroxylation is 1. The minimum absolute atomic E-state index is 0.393. The van der Waals surface area contributed by atoms with Crippen molar-refractivity contribution in [3.05, 3.63) is 42.2 Å². The summed E-state index contributed by atoms with van der Waals surface area (Å²) >= 11 is 1.52. The molecule has 0 aliphatic heterocycles. The molecule has 0 spiro atoms. The topological polar surface area (TPSA) is 64.0 Å². The molecule has 0 aliphatic rings. The predicted octanol–water partition coefficient (Wildman–Crippen LogP) is 1.82. The van der Waals surface area contributed by atoms with Gasteiger partial charge in [-0.1, -0.05) is 30.0 Å². The normalized spacial score (nSPS) is 11.7. The Bertz CT molecular complexity index is 680. The van der Waals surface area contributed by atoms with Crippen LogP contribution in [0.15, 0.2) is 41.8 Å². The van der Waals surface area contributed by atoms with E-state index in [-0.39, 0.29) is 0 Å². The van der Waals surface area contributed by atoms with Crippen LogP contribution in [0, 0.1) is 6.92 Å². The second-order valence-electron chi connectivity index (χ2n) is 4.38. The van der Waals surface area contributed by atoms with Crippen molar-refractivity contribution in [3.63, 3.8) is 0 Å². The number of hydrogen-bond donors (Lipinski definition) is 1. The summed E-state index contributed by atoms with van der Waals surface area (Å²) in [6.45, 7) is 2.44. The molecule has 0 aliphatic carbocycles. The molecule has 1 N–H and O–H groups in total. The highest BCUT2D eigenvalue weighted by Crippen LogP contribution is 2.22. The summed E-state index contributed by atoms with van der Waals surface area (Å²) in [4.78, 5) is 4.32. The first kappa shape index (κ1) is 15.1. The molecule has 0 amide bonds. The van der Waals surface area contributed by atoms with E-state index < -0.39 is 10.0 Å². The molecule has 2 rings (SSSR count). The Hall–Kier alpha value is -1.31. The van der Waals surface area contributed by atoms with E-state index in [1.807, 2.05) is 29.0 Å². The van der Waals surface area contributed by atoms with Gasteiger partial charge in [-0.05, 0) is 18.6 Å². The molecule has 1 aromatic carbocycles. The summed E-state index contributed by atoms with van der Waals surface area (Å²) in [5.41, 5.74) is 2.25. The van der Waals surface area contributed by atoms with E-state index in [0.29, 0.717) is 12.3 Å².